The highest BCUT2D eigenvalue weighted by molar-refractivity contribution is 5.92. The normalized spacial score (nSPS) is 10.9. The van der Waals surface area contributed by atoms with Crippen LogP contribution in [0.25, 0.3) is 0 Å². The molecule has 0 aliphatic heterocycles. The summed E-state index contributed by atoms with van der Waals surface area (Å²) in [5.74, 6) is 0.472. The molecular weight excluding hydrogens is 212 g/mol. The SMILES string of the molecule is CC(C)NCC(=O)Nc1cccc(C(C)C)c1. The highest BCUT2D eigenvalue weighted by Crippen LogP contribution is 2.18. The van der Waals surface area contributed by atoms with Crippen LogP contribution in [0, 0.1) is 0 Å². The third kappa shape index (κ3) is 5.00. The van der Waals surface area contributed by atoms with Crippen molar-refractivity contribution in [2.45, 2.75) is 39.7 Å². The van der Waals surface area contributed by atoms with Crippen LogP contribution in [0.15, 0.2) is 24.3 Å². The number of anilines is 1. The summed E-state index contributed by atoms with van der Waals surface area (Å²) in [6, 6.07) is 8.31. The van der Waals surface area contributed by atoms with Crippen molar-refractivity contribution in [3.05, 3.63) is 29.8 Å². The first-order valence-corrected chi connectivity index (χ1v) is 6.12. The molecule has 0 saturated carbocycles. The van der Waals surface area contributed by atoms with E-state index in [1.807, 2.05) is 32.0 Å². The molecule has 0 aliphatic rings. The maximum Gasteiger partial charge on any atom is 0.238 e. The molecule has 0 spiro atoms. The van der Waals surface area contributed by atoms with Crippen molar-refractivity contribution in [1.29, 1.82) is 0 Å². The van der Waals surface area contributed by atoms with Crippen LogP contribution in [-0.2, 0) is 4.79 Å². The lowest BCUT2D eigenvalue weighted by atomic mass is 10.0. The first kappa shape index (κ1) is 13.7. The third-order valence-electron chi connectivity index (χ3n) is 2.51. The van der Waals surface area contributed by atoms with E-state index in [2.05, 4.69) is 30.5 Å². The Bertz CT molecular complexity index is 372. The highest BCUT2D eigenvalue weighted by atomic mass is 16.1. The van der Waals surface area contributed by atoms with Crippen LogP contribution in [0.4, 0.5) is 5.69 Å². The van der Waals surface area contributed by atoms with Gasteiger partial charge in [-0.1, -0.05) is 39.8 Å². The van der Waals surface area contributed by atoms with Gasteiger partial charge < -0.3 is 10.6 Å². The van der Waals surface area contributed by atoms with Crippen LogP contribution in [0.5, 0.6) is 0 Å². The van der Waals surface area contributed by atoms with E-state index in [1.54, 1.807) is 0 Å². The zero-order chi connectivity index (χ0) is 12.8. The number of nitrogens with one attached hydrogen (secondary N) is 2. The van der Waals surface area contributed by atoms with Crippen LogP contribution in [0.1, 0.15) is 39.2 Å². The largest absolute Gasteiger partial charge is 0.325 e. The van der Waals surface area contributed by atoms with E-state index < -0.39 is 0 Å². The van der Waals surface area contributed by atoms with Crippen molar-refractivity contribution in [3.8, 4) is 0 Å². The third-order valence-corrected chi connectivity index (χ3v) is 2.51. The molecule has 0 atom stereocenters. The van der Waals surface area contributed by atoms with Gasteiger partial charge in [0.25, 0.3) is 0 Å². The van der Waals surface area contributed by atoms with Gasteiger partial charge in [-0.15, -0.1) is 0 Å². The van der Waals surface area contributed by atoms with Gasteiger partial charge in [0.05, 0.1) is 6.54 Å². The average molecular weight is 234 g/mol. The Morgan fingerprint density at radius 2 is 1.94 bits per heavy atom. The number of amides is 1. The molecule has 94 valence electrons. The van der Waals surface area contributed by atoms with Crippen molar-refractivity contribution in [2.75, 3.05) is 11.9 Å². The molecule has 1 amide bonds. The van der Waals surface area contributed by atoms with Crippen molar-refractivity contribution in [1.82, 2.24) is 5.32 Å². The number of carbonyl (C=O) groups is 1. The van der Waals surface area contributed by atoms with Crippen LogP contribution in [0.2, 0.25) is 0 Å². The molecule has 0 unspecified atom stereocenters. The van der Waals surface area contributed by atoms with Crippen molar-refractivity contribution < 1.29 is 4.79 Å². The zero-order valence-corrected chi connectivity index (χ0v) is 11.1. The van der Waals surface area contributed by atoms with E-state index in [0.717, 1.165) is 5.69 Å². The fourth-order valence-electron chi connectivity index (χ4n) is 1.48. The Morgan fingerprint density at radius 3 is 2.53 bits per heavy atom. The van der Waals surface area contributed by atoms with Crippen LogP contribution in [-0.4, -0.2) is 18.5 Å². The Balaban J connectivity index is 2.56. The van der Waals surface area contributed by atoms with E-state index in [9.17, 15) is 4.79 Å². The molecule has 3 nitrogen and oxygen atoms in total. The van der Waals surface area contributed by atoms with Gasteiger partial charge in [0.2, 0.25) is 5.91 Å². The van der Waals surface area contributed by atoms with Crippen LogP contribution in [0.3, 0.4) is 0 Å². The summed E-state index contributed by atoms with van der Waals surface area (Å²) in [7, 11) is 0. The molecule has 0 aliphatic carbocycles. The summed E-state index contributed by atoms with van der Waals surface area (Å²) in [4.78, 5) is 11.6. The summed E-state index contributed by atoms with van der Waals surface area (Å²) in [6.45, 7) is 8.67. The lowest BCUT2D eigenvalue weighted by Gasteiger charge is -2.11. The van der Waals surface area contributed by atoms with Gasteiger partial charge in [-0.3, -0.25) is 4.79 Å². The average Bonchev–Trinajstić information content (AvgIpc) is 2.26. The number of hydrogen-bond donors (Lipinski definition) is 2. The molecule has 3 heteroatoms. The molecule has 1 aromatic rings. The first-order chi connectivity index (χ1) is 7.99. The summed E-state index contributed by atoms with van der Waals surface area (Å²) in [5.41, 5.74) is 2.10. The molecule has 0 aromatic heterocycles. The fraction of sp³-hybridized carbons (Fsp3) is 0.500. The second kappa shape index (κ2) is 6.40. The lowest BCUT2D eigenvalue weighted by molar-refractivity contribution is -0.115. The maximum absolute atomic E-state index is 11.6. The molecule has 0 radical (unpaired) electrons. The predicted molar refractivity (Wildman–Crippen MR) is 72.3 cm³/mol. The summed E-state index contributed by atoms with van der Waals surface area (Å²) < 4.78 is 0. The quantitative estimate of drug-likeness (QED) is 0.822. The number of carbonyl (C=O) groups excluding carboxylic acids is 1. The van der Waals surface area contributed by atoms with Gasteiger partial charge in [-0.05, 0) is 23.6 Å². The Labute approximate surface area is 104 Å². The summed E-state index contributed by atoms with van der Waals surface area (Å²) >= 11 is 0. The predicted octanol–water partition coefficient (Wildman–Crippen LogP) is 2.75. The summed E-state index contributed by atoms with van der Waals surface area (Å²) in [6.07, 6.45) is 0. The molecule has 0 heterocycles. The van der Waals surface area contributed by atoms with Crippen LogP contribution < -0.4 is 10.6 Å². The van der Waals surface area contributed by atoms with Gasteiger partial charge in [-0.25, -0.2) is 0 Å². The Morgan fingerprint density at radius 1 is 1.24 bits per heavy atom. The van der Waals surface area contributed by atoms with E-state index in [0.29, 0.717) is 18.5 Å². The Kier molecular flexibility index (Phi) is 5.16. The van der Waals surface area contributed by atoms with E-state index in [-0.39, 0.29) is 5.91 Å². The van der Waals surface area contributed by atoms with Gasteiger partial charge in [-0.2, -0.15) is 0 Å². The van der Waals surface area contributed by atoms with E-state index in [4.69, 9.17) is 0 Å². The highest BCUT2D eigenvalue weighted by Gasteiger charge is 2.04. The van der Waals surface area contributed by atoms with Gasteiger partial charge >= 0.3 is 0 Å². The smallest absolute Gasteiger partial charge is 0.238 e. The molecule has 2 N–H and O–H groups in total. The number of hydrogen-bond acceptors (Lipinski definition) is 2. The van der Waals surface area contributed by atoms with Crippen LogP contribution >= 0.6 is 0 Å². The molecule has 1 aromatic carbocycles. The maximum atomic E-state index is 11.6. The minimum atomic E-state index is -0.000365. The van der Waals surface area contributed by atoms with Crippen molar-refractivity contribution in [2.24, 2.45) is 0 Å². The van der Waals surface area contributed by atoms with E-state index >= 15 is 0 Å². The van der Waals surface area contributed by atoms with Gasteiger partial charge in [0, 0.05) is 11.7 Å². The minimum absolute atomic E-state index is 0.000365. The molecule has 0 saturated heterocycles. The topological polar surface area (TPSA) is 41.1 Å². The van der Waals surface area contributed by atoms with Gasteiger partial charge in [0.15, 0.2) is 0 Å². The molecule has 0 fully saturated rings. The molecule has 17 heavy (non-hydrogen) atoms. The fourth-order valence-corrected chi connectivity index (χ4v) is 1.48. The summed E-state index contributed by atoms with van der Waals surface area (Å²) in [5, 5.41) is 5.98. The lowest BCUT2D eigenvalue weighted by Crippen LogP contribution is -2.32. The number of benzene rings is 1. The molecule has 0 bridgehead atoms. The molecule has 1 rings (SSSR count). The Hall–Kier alpha value is -1.35. The van der Waals surface area contributed by atoms with Gasteiger partial charge in [0.1, 0.15) is 0 Å². The van der Waals surface area contributed by atoms with Crippen molar-refractivity contribution in [3.63, 3.8) is 0 Å². The standard InChI is InChI=1S/C14H22N2O/c1-10(2)12-6-5-7-13(8-12)16-14(17)9-15-11(3)4/h5-8,10-11,15H,9H2,1-4H3,(H,16,17). The second-order valence-corrected chi connectivity index (χ2v) is 4.86. The molecular formula is C14H22N2O. The zero-order valence-electron chi connectivity index (χ0n) is 11.1. The number of rotatable bonds is 5. The first-order valence-electron chi connectivity index (χ1n) is 6.12. The van der Waals surface area contributed by atoms with E-state index in [1.165, 1.54) is 5.56 Å². The second-order valence-electron chi connectivity index (χ2n) is 4.86. The monoisotopic (exact) mass is 234 g/mol. The minimum Gasteiger partial charge on any atom is -0.325 e. The van der Waals surface area contributed by atoms with Crippen molar-refractivity contribution >= 4 is 11.6 Å².